The number of carbonyl (C=O) groups excluding carboxylic acids is 2. The molecular weight excluding hydrogens is 222 g/mol. The first-order chi connectivity index (χ1) is 7.90. The van der Waals surface area contributed by atoms with Gasteiger partial charge in [-0.1, -0.05) is 0 Å². The molecule has 17 heavy (non-hydrogen) atoms. The number of hydrogen-bond donors (Lipinski definition) is 3. The second-order valence-corrected chi connectivity index (χ2v) is 4.03. The molecule has 0 fully saturated rings. The van der Waals surface area contributed by atoms with Crippen LogP contribution in [0.3, 0.4) is 0 Å². The van der Waals surface area contributed by atoms with Crippen molar-refractivity contribution in [2.24, 2.45) is 5.73 Å². The van der Waals surface area contributed by atoms with Crippen LogP contribution in [0.5, 0.6) is 0 Å². The molecule has 0 saturated carbocycles. The van der Waals surface area contributed by atoms with Crippen LogP contribution in [0.4, 0.5) is 5.69 Å². The summed E-state index contributed by atoms with van der Waals surface area (Å²) in [7, 11) is 0. The Bertz CT molecular complexity index is 424. The molecule has 0 bridgehead atoms. The Morgan fingerprint density at radius 1 is 1.53 bits per heavy atom. The Morgan fingerprint density at radius 3 is 2.65 bits per heavy atom. The molecular formula is C10H17N5O2. The van der Waals surface area contributed by atoms with E-state index in [1.807, 2.05) is 13.8 Å². The normalized spacial score (nSPS) is 10.5. The zero-order chi connectivity index (χ0) is 13.0. The molecule has 0 aliphatic carbocycles. The molecule has 0 radical (unpaired) electrons. The summed E-state index contributed by atoms with van der Waals surface area (Å²) in [6, 6.07) is 0.103. The van der Waals surface area contributed by atoms with E-state index in [1.54, 1.807) is 0 Å². The molecule has 0 aliphatic rings. The fraction of sp³-hybridized carbons (Fsp3) is 0.500. The highest BCUT2D eigenvalue weighted by molar-refractivity contribution is 5.95. The molecule has 1 heterocycles. The van der Waals surface area contributed by atoms with Crippen LogP contribution in [0.1, 0.15) is 30.8 Å². The molecule has 0 aromatic carbocycles. The number of carbonyl (C=O) groups is 2. The van der Waals surface area contributed by atoms with Crippen molar-refractivity contribution in [1.29, 1.82) is 0 Å². The van der Waals surface area contributed by atoms with Crippen molar-refractivity contribution in [1.82, 2.24) is 15.1 Å². The van der Waals surface area contributed by atoms with Crippen LogP contribution in [0.2, 0.25) is 0 Å². The van der Waals surface area contributed by atoms with Gasteiger partial charge in [0.1, 0.15) is 0 Å². The summed E-state index contributed by atoms with van der Waals surface area (Å²) in [5.74, 6) is -0.748. The maximum atomic E-state index is 11.4. The number of nitrogens with two attached hydrogens (primary N) is 2. The maximum Gasteiger partial charge on any atom is 0.271 e. The molecule has 7 nitrogen and oxygen atoms in total. The molecule has 0 atom stereocenters. The molecule has 5 N–H and O–H groups in total. The van der Waals surface area contributed by atoms with Crippen molar-refractivity contribution < 1.29 is 9.59 Å². The van der Waals surface area contributed by atoms with Gasteiger partial charge in [0.05, 0.1) is 5.69 Å². The van der Waals surface area contributed by atoms with Crippen molar-refractivity contribution >= 4 is 17.5 Å². The molecule has 1 rings (SSSR count). The summed E-state index contributed by atoms with van der Waals surface area (Å²) in [6.07, 6.45) is 1.76. The van der Waals surface area contributed by atoms with E-state index in [0.717, 1.165) is 0 Å². The Labute approximate surface area is 99.1 Å². The molecule has 0 unspecified atom stereocenters. The van der Waals surface area contributed by atoms with E-state index in [-0.39, 0.29) is 29.8 Å². The van der Waals surface area contributed by atoms with E-state index in [4.69, 9.17) is 11.5 Å². The largest absolute Gasteiger partial charge is 0.396 e. The summed E-state index contributed by atoms with van der Waals surface area (Å²) in [5.41, 5.74) is 10.9. The first kappa shape index (κ1) is 13.0. The third kappa shape index (κ3) is 3.78. The van der Waals surface area contributed by atoms with E-state index in [0.29, 0.717) is 6.54 Å². The molecule has 0 saturated heterocycles. The SMILES string of the molecule is CC(C)NC(=O)CCn1cc(N)c(C(N)=O)n1. The van der Waals surface area contributed by atoms with Gasteiger partial charge in [-0.2, -0.15) is 5.10 Å². The molecule has 1 aromatic rings. The Kier molecular flexibility index (Phi) is 4.08. The Morgan fingerprint density at radius 2 is 2.18 bits per heavy atom. The second-order valence-electron chi connectivity index (χ2n) is 4.03. The monoisotopic (exact) mass is 239 g/mol. The minimum absolute atomic E-state index is 0.0364. The van der Waals surface area contributed by atoms with Crippen molar-refractivity contribution in [3.8, 4) is 0 Å². The van der Waals surface area contributed by atoms with Crippen LogP contribution < -0.4 is 16.8 Å². The first-order valence-electron chi connectivity index (χ1n) is 5.32. The third-order valence-electron chi connectivity index (χ3n) is 2.04. The van der Waals surface area contributed by atoms with Gasteiger partial charge in [-0.15, -0.1) is 0 Å². The Hall–Kier alpha value is -2.05. The van der Waals surface area contributed by atoms with Crippen LogP contribution in [0.15, 0.2) is 6.20 Å². The molecule has 94 valence electrons. The van der Waals surface area contributed by atoms with Gasteiger partial charge >= 0.3 is 0 Å². The molecule has 0 spiro atoms. The second kappa shape index (κ2) is 5.33. The summed E-state index contributed by atoms with van der Waals surface area (Å²) >= 11 is 0. The van der Waals surface area contributed by atoms with Gasteiger partial charge in [0.2, 0.25) is 5.91 Å². The highest BCUT2D eigenvalue weighted by Gasteiger charge is 2.12. The van der Waals surface area contributed by atoms with Gasteiger partial charge in [-0.25, -0.2) is 0 Å². The number of aryl methyl sites for hydroxylation is 1. The number of hydrogen-bond acceptors (Lipinski definition) is 4. The average molecular weight is 239 g/mol. The average Bonchev–Trinajstić information content (AvgIpc) is 2.56. The minimum Gasteiger partial charge on any atom is -0.396 e. The predicted molar refractivity (Wildman–Crippen MR) is 63.1 cm³/mol. The summed E-state index contributed by atoms with van der Waals surface area (Å²) < 4.78 is 1.44. The standard InChI is InChI=1S/C10H17N5O2/c1-6(2)13-8(16)3-4-15-5-7(11)9(14-15)10(12)17/h5-6H,3-4,11H2,1-2H3,(H2,12,17)(H,13,16). The van der Waals surface area contributed by atoms with E-state index in [2.05, 4.69) is 10.4 Å². The van der Waals surface area contributed by atoms with Crippen LogP contribution in [0.25, 0.3) is 0 Å². The van der Waals surface area contributed by atoms with Gasteiger partial charge in [0.25, 0.3) is 5.91 Å². The van der Waals surface area contributed by atoms with E-state index in [1.165, 1.54) is 10.9 Å². The number of aromatic nitrogens is 2. The number of nitrogens with zero attached hydrogens (tertiary/aromatic N) is 2. The van der Waals surface area contributed by atoms with E-state index < -0.39 is 5.91 Å². The lowest BCUT2D eigenvalue weighted by molar-refractivity contribution is -0.121. The van der Waals surface area contributed by atoms with Crippen LogP contribution in [-0.4, -0.2) is 27.6 Å². The summed E-state index contributed by atoms with van der Waals surface area (Å²) in [5, 5.41) is 6.65. The maximum absolute atomic E-state index is 11.4. The molecule has 2 amide bonds. The lowest BCUT2D eigenvalue weighted by atomic mass is 10.3. The highest BCUT2D eigenvalue weighted by Crippen LogP contribution is 2.08. The van der Waals surface area contributed by atoms with Crippen LogP contribution in [0, 0.1) is 0 Å². The number of anilines is 1. The fourth-order valence-corrected chi connectivity index (χ4v) is 1.35. The van der Waals surface area contributed by atoms with Crippen LogP contribution >= 0.6 is 0 Å². The smallest absolute Gasteiger partial charge is 0.271 e. The number of amides is 2. The van der Waals surface area contributed by atoms with Gasteiger partial charge in [-0.3, -0.25) is 14.3 Å². The summed E-state index contributed by atoms with van der Waals surface area (Å²) in [4.78, 5) is 22.3. The van der Waals surface area contributed by atoms with Gasteiger partial charge in [-0.05, 0) is 13.8 Å². The quantitative estimate of drug-likeness (QED) is 0.641. The van der Waals surface area contributed by atoms with E-state index >= 15 is 0 Å². The zero-order valence-electron chi connectivity index (χ0n) is 9.93. The lowest BCUT2D eigenvalue weighted by Crippen LogP contribution is -2.30. The zero-order valence-corrected chi connectivity index (χ0v) is 9.93. The third-order valence-corrected chi connectivity index (χ3v) is 2.04. The Balaban J connectivity index is 2.55. The topological polar surface area (TPSA) is 116 Å². The molecule has 0 aliphatic heterocycles. The lowest BCUT2D eigenvalue weighted by Gasteiger charge is -2.07. The highest BCUT2D eigenvalue weighted by atomic mass is 16.2. The predicted octanol–water partition coefficient (Wildman–Crippen LogP) is -0.521. The molecule has 1 aromatic heterocycles. The van der Waals surface area contributed by atoms with Crippen molar-refractivity contribution in [3.63, 3.8) is 0 Å². The van der Waals surface area contributed by atoms with E-state index in [9.17, 15) is 9.59 Å². The number of rotatable bonds is 5. The molecule has 7 heteroatoms. The van der Waals surface area contributed by atoms with Gasteiger partial charge in [0, 0.05) is 25.2 Å². The van der Waals surface area contributed by atoms with Crippen LogP contribution in [-0.2, 0) is 11.3 Å². The van der Waals surface area contributed by atoms with Gasteiger partial charge < -0.3 is 16.8 Å². The summed E-state index contributed by atoms with van der Waals surface area (Å²) in [6.45, 7) is 4.13. The van der Waals surface area contributed by atoms with Crippen molar-refractivity contribution in [2.45, 2.75) is 32.9 Å². The van der Waals surface area contributed by atoms with Gasteiger partial charge in [0.15, 0.2) is 5.69 Å². The minimum atomic E-state index is -0.673. The number of primary amides is 1. The number of nitrogens with one attached hydrogen (secondary N) is 1. The fourth-order valence-electron chi connectivity index (χ4n) is 1.35. The van der Waals surface area contributed by atoms with Crippen molar-refractivity contribution in [3.05, 3.63) is 11.9 Å². The first-order valence-corrected chi connectivity index (χ1v) is 5.32. The van der Waals surface area contributed by atoms with Crippen molar-refractivity contribution in [2.75, 3.05) is 5.73 Å². The number of nitrogen functional groups attached to an aromatic ring is 1.